The Balaban J connectivity index is 2.46. The van der Waals surface area contributed by atoms with Crippen molar-refractivity contribution in [3.8, 4) is 0 Å². The number of nitrogens with zero attached hydrogens (tertiary/aromatic N) is 1. The standard InChI is InChI=1S/C12H24N2O2/c1-3-16-11(15)12(2,13)10-14-8-6-4-5-7-9-14/h3-10,13H2,1-2H3. The molecule has 4 heteroatoms. The van der Waals surface area contributed by atoms with Crippen LogP contribution in [-0.4, -0.2) is 42.6 Å². The zero-order chi connectivity index (χ0) is 12.0. The minimum absolute atomic E-state index is 0.292. The number of esters is 1. The summed E-state index contributed by atoms with van der Waals surface area (Å²) in [7, 11) is 0. The van der Waals surface area contributed by atoms with E-state index in [1.54, 1.807) is 13.8 Å². The van der Waals surface area contributed by atoms with Gasteiger partial charge in [-0.25, -0.2) is 0 Å². The van der Waals surface area contributed by atoms with Crippen molar-refractivity contribution in [2.45, 2.75) is 45.1 Å². The summed E-state index contributed by atoms with van der Waals surface area (Å²) in [5.41, 5.74) is 5.14. The van der Waals surface area contributed by atoms with Crippen LogP contribution in [0.15, 0.2) is 0 Å². The molecule has 0 saturated carbocycles. The maximum atomic E-state index is 11.7. The molecule has 1 atom stereocenters. The van der Waals surface area contributed by atoms with Crippen LogP contribution in [-0.2, 0) is 9.53 Å². The molecule has 0 aromatic carbocycles. The quantitative estimate of drug-likeness (QED) is 0.733. The Hall–Kier alpha value is -0.610. The Morgan fingerprint density at radius 2 is 1.88 bits per heavy atom. The average molecular weight is 228 g/mol. The molecule has 0 aromatic heterocycles. The molecule has 0 bridgehead atoms. The van der Waals surface area contributed by atoms with Gasteiger partial charge in [0.2, 0.25) is 0 Å². The zero-order valence-electron chi connectivity index (χ0n) is 10.5. The first-order valence-electron chi connectivity index (χ1n) is 6.24. The topological polar surface area (TPSA) is 55.6 Å². The van der Waals surface area contributed by atoms with Gasteiger partial charge >= 0.3 is 5.97 Å². The molecule has 1 aliphatic rings. The van der Waals surface area contributed by atoms with E-state index in [0.29, 0.717) is 13.2 Å². The fourth-order valence-corrected chi connectivity index (χ4v) is 2.12. The minimum atomic E-state index is -0.875. The van der Waals surface area contributed by atoms with E-state index in [9.17, 15) is 4.79 Å². The number of likely N-dealkylation sites (tertiary alicyclic amines) is 1. The molecule has 0 aliphatic carbocycles. The highest BCUT2D eigenvalue weighted by Crippen LogP contribution is 2.13. The molecule has 1 aliphatic heterocycles. The Morgan fingerprint density at radius 3 is 2.38 bits per heavy atom. The highest BCUT2D eigenvalue weighted by Gasteiger charge is 2.32. The van der Waals surface area contributed by atoms with E-state index in [-0.39, 0.29) is 5.97 Å². The molecule has 1 saturated heterocycles. The highest BCUT2D eigenvalue weighted by atomic mass is 16.5. The molecular weight excluding hydrogens is 204 g/mol. The maximum absolute atomic E-state index is 11.7. The van der Waals surface area contributed by atoms with Crippen LogP contribution in [0.3, 0.4) is 0 Å². The number of rotatable bonds is 4. The number of hydrogen-bond acceptors (Lipinski definition) is 4. The van der Waals surface area contributed by atoms with E-state index in [0.717, 1.165) is 13.1 Å². The highest BCUT2D eigenvalue weighted by molar-refractivity contribution is 5.80. The van der Waals surface area contributed by atoms with Crippen molar-refractivity contribution in [1.29, 1.82) is 0 Å². The summed E-state index contributed by atoms with van der Waals surface area (Å²) in [5.74, 6) is -0.292. The van der Waals surface area contributed by atoms with Gasteiger partial charge in [0.25, 0.3) is 0 Å². The molecule has 0 spiro atoms. The van der Waals surface area contributed by atoms with Crippen LogP contribution in [0.2, 0.25) is 0 Å². The lowest BCUT2D eigenvalue weighted by atomic mass is 10.0. The first-order valence-corrected chi connectivity index (χ1v) is 6.24. The smallest absolute Gasteiger partial charge is 0.327 e. The van der Waals surface area contributed by atoms with Crippen molar-refractivity contribution >= 4 is 5.97 Å². The Labute approximate surface area is 98.1 Å². The van der Waals surface area contributed by atoms with Crippen LogP contribution in [0.1, 0.15) is 39.5 Å². The summed E-state index contributed by atoms with van der Waals surface area (Å²) in [5, 5.41) is 0. The van der Waals surface area contributed by atoms with E-state index in [4.69, 9.17) is 10.5 Å². The molecule has 2 N–H and O–H groups in total. The second-order valence-electron chi connectivity index (χ2n) is 4.83. The Morgan fingerprint density at radius 1 is 1.31 bits per heavy atom. The predicted octanol–water partition coefficient (Wildman–Crippen LogP) is 1.14. The fraction of sp³-hybridized carbons (Fsp3) is 0.917. The third-order valence-electron chi connectivity index (χ3n) is 2.99. The van der Waals surface area contributed by atoms with Gasteiger partial charge in [-0.05, 0) is 39.8 Å². The normalized spacial score (nSPS) is 22.2. The SMILES string of the molecule is CCOC(=O)C(C)(N)CN1CCCCCC1. The van der Waals surface area contributed by atoms with Gasteiger partial charge in [-0.2, -0.15) is 0 Å². The third-order valence-corrected chi connectivity index (χ3v) is 2.99. The summed E-state index contributed by atoms with van der Waals surface area (Å²) in [6.45, 7) is 6.66. The van der Waals surface area contributed by atoms with Gasteiger partial charge in [0.15, 0.2) is 0 Å². The molecule has 4 nitrogen and oxygen atoms in total. The summed E-state index contributed by atoms with van der Waals surface area (Å²) in [6, 6.07) is 0. The lowest BCUT2D eigenvalue weighted by Gasteiger charge is -2.29. The van der Waals surface area contributed by atoms with Crippen LogP contribution in [0.5, 0.6) is 0 Å². The molecule has 94 valence electrons. The van der Waals surface area contributed by atoms with Crippen LogP contribution in [0, 0.1) is 0 Å². The zero-order valence-corrected chi connectivity index (χ0v) is 10.5. The summed E-state index contributed by atoms with van der Waals surface area (Å²) < 4.78 is 4.99. The first-order chi connectivity index (χ1) is 7.56. The lowest BCUT2D eigenvalue weighted by Crippen LogP contribution is -2.54. The van der Waals surface area contributed by atoms with Gasteiger partial charge in [-0.15, -0.1) is 0 Å². The van der Waals surface area contributed by atoms with E-state index in [1.165, 1.54) is 25.7 Å². The van der Waals surface area contributed by atoms with E-state index >= 15 is 0 Å². The average Bonchev–Trinajstić information content (AvgIpc) is 2.46. The lowest BCUT2D eigenvalue weighted by molar-refractivity contribution is -0.149. The van der Waals surface area contributed by atoms with E-state index in [2.05, 4.69) is 4.90 Å². The van der Waals surface area contributed by atoms with Crippen molar-refractivity contribution in [3.63, 3.8) is 0 Å². The molecule has 1 heterocycles. The van der Waals surface area contributed by atoms with Crippen molar-refractivity contribution in [2.75, 3.05) is 26.2 Å². The molecule has 1 rings (SSSR count). The maximum Gasteiger partial charge on any atom is 0.327 e. The molecule has 1 fully saturated rings. The summed E-state index contributed by atoms with van der Waals surface area (Å²) in [6.07, 6.45) is 4.99. The molecule has 0 radical (unpaired) electrons. The van der Waals surface area contributed by atoms with Crippen LogP contribution < -0.4 is 5.73 Å². The second-order valence-corrected chi connectivity index (χ2v) is 4.83. The van der Waals surface area contributed by atoms with Gasteiger partial charge in [-0.1, -0.05) is 12.8 Å². The number of nitrogens with two attached hydrogens (primary N) is 1. The van der Waals surface area contributed by atoms with Crippen LogP contribution >= 0.6 is 0 Å². The summed E-state index contributed by atoms with van der Waals surface area (Å²) in [4.78, 5) is 13.9. The van der Waals surface area contributed by atoms with E-state index < -0.39 is 5.54 Å². The van der Waals surface area contributed by atoms with Gasteiger partial charge in [-0.3, -0.25) is 4.79 Å². The number of carbonyl (C=O) groups is 1. The monoisotopic (exact) mass is 228 g/mol. The number of ether oxygens (including phenoxy) is 1. The number of hydrogen-bond donors (Lipinski definition) is 1. The third kappa shape index (κ3) is 4.10. The van der Waals surface area contributed by atoms with Gasteiger partial charge in [0.1, 0.15) is 5.54 Å². The second kappa shape index (κ2) is 6.21. The minimum Gasteiger partial charge on any atom is -0.465 e. The molecule has 0 aromatic rings. The predicted molar refractivity (Wildman–Crippen MR) is 64.1 cm³/mol. The Bertz CT molecular complexity index is 221. The van der Waals surface area contributed by atoms with Crippen LogP contribution in [0.4, 0.5) is 0 Å². The molecule has 16 heavy (non-hydrogen) atoms. The fourth-order valence-electron chi connectivity index (χ4n) is 2.12. The number of carbonyl (C=O) groups excluding carboxylic acids is 1. The first kappa shape index (κ1) is 13.5. The molecule has 1 unspecified atom stereocenters. The molecular formula is C12H24N2O2. The van der Waals surface area contributed by atoms with Gasteiger partial charge < -0.3 is 15.4 Å². The van der Waals surface area contributed by atoms with Crippen molar-refractivity contribution in [2.24, 2.45) is 5.73 Å². The van der Waals surface area contributed by atoms with Crippen LogP contribution in [0.25, 0.3) is 0 Å². The summed E-state index contributed by atoms with van der Waals surface area (Å²) >= 11 is 0. The largest absolute Gasteiger partial charge is 0.465 e. The van der Waals surface area contributed by atoms with E-state index in [1.807, 2.05) is 0 Å². The van der Waals surface area contributed by atoms with Crippen molar-refractivity contribution in [3.05, 3.63) is 0 Å². The van der Waals surface area contributed by atoms with Gasteiger partial charge in [0.05, 0.1) is 6.61 Å². The Kier molecular flexibility index (Phi) is 5.22. The van der Waals surface area contributed by atoms with Crippen molar-refractivity contribution in [1.82, 2.24) is 4.90 Å². The van der Waals surface area contributed by atoms with Crippen molar-refractivity contribution < 1.29 is 9.53 Å². The van der Waals surface area contributed by atoms with Gasteiger partial charge in [0, 0.05) is 6.54 Å². The molecule has 0 amide bonds.